The van der Waals surface area contributed by atoms with E-state index in [4.69, 9.17) is 0 Å². The van der Waals surface area contributed by atoms with E-state index in [0.717, 1.165) is 17.8 Å². The summed E-state index contributed by atoms with van der Waals surface area (Å²) in [5.74, 6) is 0.622. The van der Waals surface area contributed by atoms with E-state index >= 15 is 0 Å². The molecule has 1 N–H and O–H groups in total. The molecule has 1 aliphatic heterocycles. The van der Waals surface area contributed by atoms with Crippen LogP contribution in [-0.2, 0) is 0 Å². The van der Waals surface area contributed by atoms with E-state index in [1.54, 1.807) is 0 Å². The molecule has 1 aromatic heterocycles. The molecule has 1 aromatic rings. The molecule has 0 saturated carbocycles. The molecule has 1 saturated heterocycles. The number of aliphatic hydroxyl groups is 1. The van der Waals surface area contributed by atoms with E-state index in [1.165, 1.54) is 0 Å². The van der Waals surface area contributed by atoms with Crippen molar-refractivity contribution in [2.75, 3.05) is 18.0 Å². The lowest BCUT2D eigenvalue weighted by molar-refractivity contribution is 0.00743. The lowest BCUT2D eigenvalue weighted by Gasteiger charge is -2.45. The molecule has 0 spiro atoms. The Balaban J connectivity index is 2.10. The third-order valence-corrected chi connectivity index (χ3v) is 2.99. The van der Waals surface area contributed by atoms with Gasteiger partial charge in [-0.15, -0.1) is 5.10 Å². The summed E-state index contributed by atoms with van der Waals surface area (Å²) in [6, 6.07) is 0. The average molecular weight is 208 g/mol. The molecule has 0 aromatic carbocycles. The molecule has 0 amide bonds. The van der Waals surface area contributed by atoms with Gasteiger partial charge in [-0.25, -0.2) is 4.98 Å². The Bertz CT molecular complexity index is 374. The third kappa shape index (κ3) is 1.79. The Hall–Kier alpha value is -1.23. The van der Waals surface area contributed by atoms with E-state index in [1.807, 2.05) is 25.7 Å². The van der Waals surface area contributed by atoms with Crippen LogP contribution >= 0.6 is 0 Å². The molecule has 0 radical (unpaired) electrons. The summed E-state index contributed by atoms with van der Waals surface area (Å²) >= 11 is 0. The number of hydrogen-bond acceptors (Lipinski definition) is 5. The van der Waals surface area contributed by atoms with E-state index in [9.17, 15) is 5.11 Å². The number of aryl methyl sites for hydroxylation is 2. The number of aromatic nitrogens is 3. The molecular formula is C10H16N4O. The van der Waals surface area contributed by atoms with Crippen molar-refractivity contribution in [3.8, 4) is 0 Å². The molecule has 82 valence electrons. The summed E-state index contributed by atoms with van der Waals surface area (Å²) in [7, 11) is 0. The van der Waals surface area contributed by atoms with Crippen LogP contribution in [0.1, 0.15) is 24.7 Å². The Morgan fingerprint density at radius 2 is 1.93 bits per heavy atom. The smallest absolute Gasteiger partial charge is 0.245 e. The second-order valence-corrected chi connectivity index (χ2v) is 4.22. The lowest BCUT2D eigenvalue weighted by atomic mass is 9.92. The normalized spacial score (nSPS) is 18.8. The minimum absolute atomic E-state index is 0.553. The van der Waals surface area contributed by atoms with Gasteiger partial charge in [0.25, 0.3) is 0 Å². The summed E-state index contributed by atoms with van der Waals surface area (Å²) < 4.78 is 0. The van der Waals surface area contributed by atoms with Crippen LogP contribution in [0.4, 0.5) is 5.95 Å². The highest BCUT2D eigenvalue weighted by atomic mass is 16.3. The van der Waals surface area contributed by atoms with Crippen LogP contribution in [0.3, 0.4) is 0 Å². The third-order valence-electron chi connectivity index (χ3n) is 2.99. The molecule has 0 bridgehead atoms. The zero-order valence-electron chi connectivity index (χ0n) is 9.36. The van der Waals surface area contributed by atoms with E-state index in [2.05, 4.69) is 15.2 Å². The van der Waals surface area contributed by atoms with Crippen molar-refractivity contribution >= 4 is 5.95 Å². The fourth-order valence-electron chi connectivity index (χ4n) is 1.61. The summed E-state index contributed by atoms with van der Waals surface area (Å²) in [6.07, 6.45) is 0.766. The fourth-order valence-corrected chi connectivity index (χ4v) is 1.61. The van der Waals surface area contributed by atoms with Gasteiger partial charge in [-0.1, -0.05) is 6.92 Å². The van der Waals surface area contributed by atoms with E-state index in [0.29, 0.717) is 19.0 Å². The highest BCUT2D eigenvalue weighted by molar-refractivity contribution is 5.36. The van der Waals surface area contributed by atoms with Crippen LogP contribution in [0, 0.1) is 13.8 Å². The summed E-state index contributed by atoms with van der Waals surface area (Å²) in [6.45, 7) is 7.00. The summed E-state index contributed by atoms with van der Waals surface area (Å²) in [4.78, 5) is 6.28. The van der Waals surface area contributed by atoms with Gasteiger partial charge in [0, 0.05) is 0 Å². The van der Waals surface area contributed by atoms with Crippen molar-refractivity contribution < 1.29 is 5.11 Å². The van der Waals surface area contributed by atoms with Crippen LogP contribution in [0.15, 0.2) is 0 Å². The molecular weight excluding hydrogens is 192 g/mol. The minimum Gasteiger partial charge on any atom is -0.386 e. The van der Waals surface area contributed by atoms with Gasteiger partial charge in [0.2, 0.25) is 5.95 Å². The molecule has 15 heavy (non-hydrogen) atoms. The van der Waals surface area contributed by atoms with Gasteiger partial charge >= 0.3 is 0 Å². The van der Waals surface area contributed by atoms with Crippen LogP contribution in [0.2, 0.25) is 0 Å². The maximum Gasteiger partial charge on any atom is 0.245 e. The second kappa shape index (κ2) is 3.41. The summed E-state index contributed by atoms with van der Waals surface area (Å²) in [5, 5.41) is 17.9. The molecule has 0 aliphatic carbocycles. The van der Waals surface area contributed by atoms with Crippen molar-refractivity contribution in [3.63, 3.8) is 0 Å². The first-order valence-electron chi connectivity index (χ1n) is 5.19. The number of rotatable bonds is 2. The van der Waals surface area contributed by atoms with Crippen LogP contribution in [0.5, 0.6) is 0 Å². The van der Waals surface area contributed by atoms with Gasteiger partial charge in [-0.2, -0.15) is 5.10 Å². The standard InChI is InChI=1S/C10H16N4O/c1-4-10(15)5-14(6-10)9-11-7(2)8(3)12-13-9/h15H,4-6H2,1-3H3. The molecule has 0 atom stereocenters. The molecule has 2 rings (SSSR count). The first kappa shape index (κ1) is 10.3. The van der Waals surface area contributed by atoms with Gasteiger partial charge in [0.15, 0.2) is 0 Å². The summed E-state index contributed by atoms with van der Waals surface area (Å²) in [5.41, 5.74) is 1.19. The van der Waals surface area contributed by atoms with Gasteiger partial charge in [0.05, 0.1) is 30.1 Å². The van der Waals surface area contributed by atoms with Gasteiger partial charge in [-0.3, -0.25) is 0 Å². The largest absolute Gasteiger partial charge is 0.386 e. The molecule has 5 nitrogen and oxygen atoms in total. The predicted octanol–water partition coefficient (Wildman–Crippen LogP) is 0.450. The maximum atomic E-state index is 9.86. The van der Waals surface area contributed by atoms with E-state index in [-0.39, 0.29) is 0 Å². The van der Waals surface area contributed by atoms with Crippen molar-refractivity contribution in [2.24, 2.45) is 0 Å². The highest BCUT2D eigenvalue weighted by Crippen LogP contribution is 2.27. The first-order chi connectivity index (χ1) is 7.04. The monoisotopic (exact) mass is 208 g/mol. The fraction of sp³-hybridized carbons (Fsp3) is 0.700. The number of anilines is 1. The average Bonchev–Trinajstić information content (AvgIpc) is 2.18. The molecule has 5 heteroatoms. The lowest BCUT2D eigenvalue weighted by Crippen LogP contribution is -2.62. The van der Waals surface area contributed by atoms with Gasteiger partial charge in [0.1, 0.15) is 0 Å². The predicted molar refractivity (Wildman–Crippen MR) is 56.8 cm³/mol. The quantitative estimate of drug-likeness (QED) is 0.764. The first-order valence-corrected chi connectivity index (χ1v) is 5.19. The Morgan fingerprint density at radius 1 is 1.27 bits per heavy atom. The van der Waals surface area contributed by atoms with Crippen LogP contribution in [0.25, 0.3) is 0 Å². The number of β-amino-alcohol motifs (C(OH)–C–C–N with tert-alkyl or cyclic N) is 1. The zero-order valence-corrected chi connectivity index (χ0v) is 9.36. The van der Waals surface area contributed by atoms with Crippen LogP contribution < -0.4 is 4.90 Å². The SMILES string of the molecule is CCC1(O)CN(c2nnc(C)c(C)n2)C1. The van der Waals surface area contributed by atoms with Crippen LogP contribution in [-0.4, -0.2) is 39.0 Å². The zero-order chi connectivity index (χ0) is 11.1. The highest BCUT2D eigenvalue weighted by Gasteiger charge is 2.40. The minimum atomic E-state index is -0.553. The van der Waals surface area contributed by atoms with Crippen molar-refractivity contribution in [2.45, 2.75) is 32.8 Å². The molecule has 0 unspecified atom stereocenters. The maximum absolute atomic E-state index is 9.86. The van der Waals surface area contributed by atoms with Crippen molar-refractivity contribution in [1.82, 2.24) is 15.2 Å². The Kier molecular flexibility index (Phi) is 2.34. The number of nitrogens with zero attached hydrogens (tertiary/aromatic N) is 4. The van der Waals surface area contributed by atoms with E-state index < -0.39 is 5.60 Å². The number of hydrogen-bond donors (Lipinski definition) is 1. The Labute approximate surface area is 89.2 Å². The van der Waals surface area contributed by atoms with Crippen molar-refractivity contribution in [1.29, 1.82) is 0 Å². The van der Waals surface area contributed by atoms with Gasteiger partial charge in [-0.05, 0) is 20.3 Å². The molecule has 1 aliphatic rings. The van der Waals surface area contributed by atoms with Crippen molar-refractivity contribution in [3.05, 3.63) is 11.4 Å². The topological polar surface area (TPSA) is 62.1 Å². The molecule has 2 heterocycles. The second-order valence-electron chi connectivity index (χ2n) is 4.22. The Morgan fingerprint density at radius 3 is 2.47 bits per heavy atom. The molecule has 1 fully saturated rings. The van der Waals surface area contributed by atoms with Gasteiger partial charge < -0.3 is 10.0 Å².